The SMILES string of the molecule is CC(NC(=O)c1c[nH]c(=O)[nH]1)c1cccc(S(N)(=O)=O)c1. The number of aromatic amines is 2. The molecule has 2 aromatic rings. The molecule has 0 aliphatic rings. The Kier molecular flexibility index (Phi) is 3.96. The van der Waals surface area contributed by atoms with E-state index in [2.05, 4.69) is 15.3 Å². The molecule has 0 fully saturated rings. The summed E-state index contributed by atoms with van der Waals surface area (Å²) in [5, 5.41) is 7.70. The van der Waals surface area contributed by atoms with Gasteiger partial charge in [0, 0.05) is 6.20 Å². The number of sulfonamides is 1. The molecule has 0 spiro atoms. The number of hydrogen-bond acceptors (Lipinski definition) is 4. The predicted octanol–water partition coefficient (Wildman–Crippen LogP) is -0.159. The number of nitrogens with two attached hydrogens (primary N) is 1. The zero-order valence-corrected chi connectivity index (χ0v) is 11.9. The number of H-pyrrole nitrogens is 2. The molecule has 2 rings (SSSR count). The largest absolute Gasteiger partial charge is 0.344 e. The molecule has 1 unspecified atom stereocenters. The fraction of sp³-hybridized carbons (Fsp3) is 0.167. The smallest absolute Gasteiger partial charge is 0.323 e. The van der Waals surface area contributed by atoms with Gasteiger partial charge in [0.2, 0.25) is 10.0 Å². The minimum atomic E-state index is -3.80. The molecule has 112 valence electrons. The van der Waals surface area contributed by atoms with Gasteiger partial charge in [-0.25, -0.2) is 18.4 Å². The number of nitrogens with one attached hydrogen (secondary N) is 3. The molecule has 0 radical (unpaired) electrons. The van der Waals surface area contributed by atoms with E-state index in [0.29, 0.717) is 5.56 Å². The van der Waals surface area contributed by atoms with Crippen molar-refractivity contribution in [3.05, 3.63) is 52.2 Å². The second kappa shape index (κ2) is 5.54. The Balaban J connectivity index is 2.19. The van der Waals surface area contributed by atoms with E-state index in [-0.39, 0.29) is 10.6 Å². The number of aromatic nitrogens is 2. The van der Waals surface area contributed by atoms with Crippen LogP contribution in [0.3, 0.4) is 0 Å². The molecule has 8 nitrogen and oxygen atoms in total. The van der Waals surface area contributed by atoms with Crippen molar-refractivity contribution >= 4 is 15.9 Å². The first-order valence-electron chi connectivity index (χ1n) is 5.98. The van der Waals surface area contributed by atoms with Gasteiger partial charge in [-0.05, 0) is 24.6 Å². The summed E-state index contributed by atoms with van der Waals surface area (Å²) in [4.78, 5) is 27.4. The third-order valence-corrected chi connectivity index (χ3v) is 3.79. The highest BCUT2D eigenvalue weighted by Crippen LogP contribution is 2.16. The molecule has 1 amide bonds. The summed E-state index contributed by atoms with van der Waals surface area (Å²) in [5.74, 6) is -0.484. The Hall–Kier alpha value is -2.39. The highest BCUT2D eigenvalue weighted by Gasteiger charge is 2.15. The Morgan fingerprint density at radius 2 is 2.10 bits per heavy atom. The molecule has 0 saturated heterocycles. The summed E-state index contributed by atoms with van der Waals surface area (Å²) in [6, 6.07) is 5.50. The predicted molar refractivity (Wildman–Crippen MR) is 75.1 cm³/mol. The maximum absolute atomic E-state index is 11.9. The lowest BCUT2D eigenvalue weighted by Gasteiger charge is -2.14. The Morgan fingerprint density at radius 1 is 1.38 bits per heavy atom. The average molecular weight is 310 g/mol. The highest BCUT2D eigenvalue weighted by atomic mass is 32.2. The lowest BCUT2D eigenvalue weighted by Crippen LogP contribution is -2.27. The molecule has 0 aliphatic carbocycles. The lowest BCUT2D eigenvalue weighted by molar-refractivity contribution is 0.0935. The molecular formula is C12H14N4O4S. The molecular weight excluding hydrogens is 296 g/mol. The fourth-order valence-electron chi connectivity index (χ4n) is 1.77. The van der Waals surface area contributed by atoms with Crippen LogP contribution < -0.4 is 16.1 Å². The summed E-state index contributed by atoms with van der Waals surface area (Å²) in [6.07, 6.45) is 1.26. The fourth-order valence-corrected chi connectivity index (χ4v) is 2.34. The van der Waals surface area contributed by atoms with Gasteiger partial charge in [0.05, 0.1) is 10.9 Å². The third-order valence-electron chi connectivity index (χ3n) is 2.87. The van der Waals surface area contributed by atoms with E-state index in [4.69, 9.17) is 5.14 Å². The van der Waals surface area contributed by atoms with Crippen molar-refractivity contribution in [1.82, 2.24) is 15.3 Å². The van der Waals surface area contributed by atoms with Gasteiger partial charge >= 0.3 is 5.69 Å². The van der Waals surface area contributed by atoms with Crippen molar-refractivity contribution in [3.63, 3.8) is 0 Å². The zero-order chi connectivity index (χ0) is 15.6. The first kappa shape index (κ1) is 15.0. The van der Waals surface area contributed by atoms with E-state index in [1.807, 2.05) is 0 Å². The molecule has 0 saturated carbocycles. The minimum Gasteiger partial charge on any atom is -0.344 e. The third kappa shape index (κ3) is 3.58. The van der Waals surface area contributed by atoms with Gasteiger partial charge in [0.15, 0.2) is 0 Å². The van der Waals surface area contributed by atoms with Gasteiger partial charge in [0.25, 0.3) is 5.91 Å². The van der Waals surface area contributed by atoms with Crippen molar-refractivity contribution in [1.29, 1.82) is 0 Å². The second-order valence-electron chi connectivity index (χ2n) is 4.47. The standard InChI is InChI=1S/C12H14N4O4S/c1-7(15-11(17)10-6-14-12(18)16-10)8-3-2-4-9(5-8)21(13,19)20/h2-7H,1H3,(H,15,17)(H2,13,19,20)(H2,14,16,18). The van der Waals surface area contributed by atoms with Crippen LogP contribution in [0.25, 0.3) is 0 Å². The van der Waals surface area contributed by atoms with Gasteiger partial charge in [-0.2, -0.15) is 0 Å². The number of benzene rings is 1. The van der Waals surface area contributed by atoms with E-state index >= 15 is 0 Å². The number of carbonyl (C=O) groups excluding carboxylic acids is 1. The van der Waals surface area contributed by atoms with Crippen LogP contribution in [0.1, 0.15) is 29.0 Å². The van der Waals surface area contributed by atoms with Crippen LogP contribution in [0, 0.1) is 0 Å². The van der Waals surface area contributed by atoms with Gasteiger partial charge in [-0.15, -0.1) is 0 Å². The molecule has 1 aromatic heterocycles. The Morgan fingerprint density at radius 3 is 2.67 bits per heavy atom. The Labute approximate surface area is 120 Å². The summed E-state index contributed by atoms with van der Waals surface area (Å²) in [7, 11) is -3.80. The van der Waals surface area contributed by atoms with E-state index < -0.39 is 27.7 Å². The molecule has 1 aromatic carbocycles. The average Bonchev–Trinajstić information content (AvgIpc) is 2.84. The number of amides is 1. The molecule has 5 N–H and O–H groups in total. The molecule has 0 aliphatic heterocycles. The zero-order valence-electron chi connectivity index (χ0n) is 11.1. The summed E-state index contributed by atoms with van der Waals surface area (Å²) in [6.45, 7) is 1.69. The van der Waals surface area contributed by atoms with Crippen LogP contribution >= 0.6 is 0 Å². The number of imidazole rings is 1. The van der Waals surface area contributed by atoms with Gasteiger partial charge < -0.3 is 15.3 Å². The summed E-state index contributed by atoms with van der Waals surface area (Å²) in [5.41, 5.74) is 0.186. The van der Waals surface area contributed by atoms with Gasteiger partial charge in [-0.3, -0.25) is 4.79 Å². The van der Waals surface area contributed by atoms with Crippen LogP contribution in [-0.4, -0.2) is 24.3 Å². The van der Waals surface area contributed by atoms with E-state index in [9.17, 15) is 18.0 Å². The summed E-state index contributed by atoms with van der Waals surface area (Å²) < 4.78 is 22.6. The maximum Gasteiger partial charge on any atom is 0.323 e. The number of hydrogen-bond donors (Lipinski definition) is 4. The summed E-state index contributed by atoms with van der Waals surface area (Å²) >= 11 is 0. The van der Waals surface area contributed by atoms with Gasteiger partial charge in [-0.1, -0.05) is 12.1 Å². The minimum absolute atomic E-state index is 0.0313. The normalized spacial score (nSPS) is 12.9. The lowest BCUT2D eigenvalue weighted by atomic mass is 10.1. The van der Waals surface area contributed by atoms with Crippen molar-refractivity contribution in [2.24, 2.45) is 5.14 Å². The highest BCUT2D eigenvalue weighted by molar-refractivity contribution is 7.89. The van der Waals surface area contributed by atoms with Crippen LogP contribution in [0.2, 0.25) is 0 Å². The molecule has 0 bridgehead atoms. The van der Waals surface area contributed by atoms with Crippen LogP contribution in [0.4, 0.5) is 0 Å². The molecule has 1 atom stereocenters. The van der Waals surface area contributed by atoms with Crippen molar-refractivity contribution in [2.75, 3.05) is 0 Å². The quantitative estimate of drug-likeness (QED) is 0.623. The topological polar surface area (TPSA) is 138 Å². The first-order chi connectivity index (χ1) is 9.77. The maximum atomic E-state index is 11.9. The number of carbonyl (C=O) groups is 1. The first-order valence-corrected chi connectivity index (χ1v) is 7.53. The molecule has 21 heavy (non-hydrogen) atoms. The van der Waals surface area contributed by atoms with Crippen LogP contribution in [0.5, 0.6) is 0 Å². The monoisotopic (exact) mass is 310 g/mol. The van der Waals surface area contributed by atoms with Crippen LogP contribution in [0.15, 0.2) is 40.2 Å². The Bertz CT molecular complexity index is 822. The van der Waals surface area contributed by atoms with E-state index in [0.717, 1.165) is 0 Å². The van der Waals surface area contributed by atoms with Crippen LogP contribution in [-0.2, 0) is 10.0 Å². The number of rotatable bonds is 4. The van der Waals surface area contributed by atoms with Crippen molar-refractivity contribution in [2.45, 2.75) is 17.9 Å². The van der Waals surface area contributed by atoms with Crippen molar-refractivity contribution in [3.8, 4) is 0 Å². The second-order valence-corrected chi connectivity index (χ2v) is 6.03. The van der Waals surface area contributed by atoms with Gasteiger partial charge in [0.1, 0.15) is 5.69 Å². The molecule has 1 heterocycles. The van der Waals surface area contributed by atoms with Crippen molar-refractivity contribution < 1.29 is 13.2 Å². The van der Waals surface area contributed by atoms with E-state index in [1.165, 1.54) is 24.4 Å². The van der Waals surface area contributed by atoms with E-state index in [1.54, 1.807) is 13.0 Å². The molecule has 9 heteroatoms. The number of primary sulfonamides is 1.